The first kappa shape index (κ1) is 33.7. The molecule has 0 saturated heterocycles. The van der Waals surface area contributed by atoms with Crippen LogP contribution in [0.5, 0.6) is 5.75 Å². The van der Waals surface area contributed by atoms with E-state index in [9.17, 15) is 19.2 Å². The van der Waals surface area contributed by atoms with Gasteiger partial charge in [-0.3, -0.25) is 19.2 Å². The molecule has 0 saturated carbocycles. The quantitative estimate of drug-likeness (QED) is 0.159. The highest BCUT2D eigenvalue weighted by atomic mass is 16.5. The number of methoxy groups -OCH3 is 1. The van der Waals surface area contributed by atoms with E-state index in [1.807, 2.05) is 75.4 Å². The number of nitrogens with one attached hydrogen (secondary N) is 3. The smallest absolute Gasteiger partial charge is 0.252 e. The summed E-state index contributed by atoms with van der Waals surface area (Å²) in [6.45, 7) is 5.74. The third kappa shape index (κ3) is 9.41. The molecule has 9 heteroatoms. The van der Waals surface area contributed by atoms with Gasteiger partial charge in [0.25, 0.3) is 5.91 Å². The average molecular weight is 624 g/mol. The summed E-state index contributed by atoms with van der Waals surface area (Å²) in [5.41, 5.74) is 2.83. The number of carbonyl (C=O) groups is 4. The maximum absolute atomic E-state index is 14.0. The van der Waals surface area contributed by atoms with Crippen molar-refractivity contribution in [2.75, 3.05) is 7.11 Å². The van der Waals surface area contributed by atoms with E-state index in [0.717, 1.165) is 16.7 Å². The monoisotopic (exact) mass is 623 g/mol. The Morgan fingerprint density at radius 2 is 1.28 bits per heavy atom. The van der Waals surface area contributed by atoms with Crippen molar-refractivity contribution in [3.05, 3.63) is 125 Å². The molecule has 0 bridgehead atoms. The second kappa shape index (κ2) is 16.2. The highest BCUT2D eigenvalue weighted by Gasteiger charge is 2.31. The van der Waals surface area contributed by atoms with Gasteiger partial charge in [-0.1, -0.05) is 74.5 Å². The van der Waals surface area contributed by atoms with Crippen LogP contribution in [0.4, 0.5) is 0 Å². The van der Waals surface area contributed by atoms with Gasteiger partial charge in [-0.2, -0.15) is 0 Å². The van der Waals surface area contributed by atoms with Gasteiger partial charge in [0.05, 0.1) is 19.4 Å². The van der Waals surface area contributed by atoms with Crippen LogP contribution in [-0.2, 0) is 22.4 Å². The number of aryl methyl sites for hydroxylation is 1. The molecule has 3 atom stereocenters. The Morgan fingerprint density at radius 3 is 1.87 bits per heavy atom. The zero-order chi connectivity index (χ0) is 33.1. The molecule has 4 aromatic rings. The first-order valence-corrected chi connectivity index (χ1v) is 15.4. The molecule has 0 aliphatic heterocycles. The predicted molar refractivity (Wildman–Crippen MR) is 176 cm³/mol. The van der Waals surface area contributed by atoms with Crippen LogP contribution < -0.4 is 20.7 Å². The maximum Gasteiger partial charge on any atom is 0.252 e. The topological polar surface area (TPSA) is 127 Å². The van der Waals surface area contributed by atoms with Crippen molar-refractivity contribution >= 4 is 23.5 Å². The number of carbonyl (C=O) groups excluding carboxylic acids is 4. The van der Waals surface area contributed by atoms with Crippen LogP contribution in [0.3, 0.4) is 0 Å². The van der Waals surface area contributed by atoms with Crippen LogP contribution in [0.2, 0.25) is 0 Å². The molecule has 240 valence electrons. The number of ether oxygens (including phenoxy) is 1. The number of benzene rings is 3. The molecule has 3 unspecified atom stereocenters. The van der Waals surface area contributed by atoms with E-state index in [-0.39, 0.29) is 30.3 Å². The summed E-state index contributed by atoms with van der Waals surface area (Å²) in [6, 6.07) is 23.9. The third-order valence-corrected chi connectivity index (χ3v) is 7.63. The lowest BCUT2D eigenvalue weighted by Gasteiger charge is -2.26. The van der Waals surface area contributed by atoms with Crippen molar-refractivity contribution in [3.8, 4) is 5.75 Å². The molecule has 0 aliphatic carbocycles. The van der Waals surface area contributed by atoms with Crippen LogP contribution in [0.1, 0.15) is 57.9 Å². The van der Waals surface area contributed by atoms with Crippen LogP contribution in [0.25, 0.3) is 0 Å². The molecule has 0 aliphatic rings. The first-order valence-electron chi connectivity index (χ1n) is 15.4. The van der Waals surface area contributed by atoms with Gasteiger partial charge in [0.2, 0.25) is 17.6 Å². The first-order chi connectivity index (χ1) is 22.1. The fraction of sp³-hybridized carbons (Fsp3) is 0.297. The largest absolute Gasteiger partial charge is 0.497 e. The average Bonchev–Trinajstić information content (AvgIpc) is 3.59. The Morgan fingerprint density at radius 1 is 0.696 bits per heavy atom. The number of rotatable bonds is 15. The fourth-order valence-electron chi connectivity index (χ4n) is 5.17. The summed E-state index contributed by atoms with van der Waals surface area (Å²) in [5, 5.41) is 8.64. The second-order valence-electron chi connectivity index (χ2n) is 11.7. The van der Waals surface area contributed by atoms with Gasteiger partial charge in [-0.25, -0.2) is 0 Å². The van der Waals surface area contributed by atoms with Crippen LogP contribution in [0.15, 0.2) is 102 Å². The number of Topliss-reactive ketones (excluding diaryl/α,β-unsaturated/α-hetero) is 1. The van der Waals surface area contributed by atoms with Gasteiger partial charge in [0.1, 0.15) is 17.8 Å². The van der Waals surface area contributed by atoms with Gasteiger partial charge in [0, 0.05) is 18.4 Å². The van der Waals surface area contributed by atoms with E-state index in [4.69, 9.17) is 9.15 Å². The normalized spacial score (nSPS) is 12.9. The van der Waals surface area contributed by atoms with Gasteiger partial charge in [0.15, 0.2) is 5.76 Å². The zero-order valence-electron chi connectivity index (χ0n) is 26.6. The van der Waals surface area contributed by atoms with Gasteiger partial charge >= 0.3 is 0 Å². The highest BCUT2D eigenvalue weighted by molar-refractivity contribution is 6.02. The predicted octanol–water partition coefficient (Wildman–Crippen LogP) is 5.08. The minimum atomic E-state index is -1.06. The molecule has 0 spiro atoms. The molecule has 9 nitrogen and oxygen atoms in total. The van der Waals surface area contributed by atoms with Crippen molar-refractivity contribution in [2.45, 2.75) is 58.2 Å². The minimum absolute atomic E-state index is 0.0887. The summed E-state index contributed by atoms with van der Waals surface area (Å²) in [6.07, 6.45) is 2.12. The molecule has 4 rings (SSSR count). The van der Waals surface area contributed by atoms with Gasteiger partial charge in [-0.15, -0.1) is 0 Å². The van der Waals surface area contributed by atoms with Crippen LogP contribution in [0, 0.1) is 12.8 Å². The van der Waals surface area contributed by atoms with Gasteiger partial charge in [-0.05, 0) is 66.3 Å². The van der Waals surface area contributed by atoms with Crippen molar-refractivity contribution in [3.63, 3.8) is 0 Å². The molecule has 0 radical (unpaired) electrons. The molecule has 1 aromatic heterocycles. The Labute approximate surface area is 269 Å². The van der Waals surface area contributed by atoms with Crippen molar-refractivity contribution in [2.24, 2.45) is 5.92 Å². The Hall–Kier alpha value is -5.18. The summed E-state index contributed by atoms with van der Waals surface area (Å²) in [7, 11) is 1.56. The summed E-state index contributed by atoms with van der Waals surface area (Å²) in [4.78, 5) is 54.5. The van der Waals surface area contributed by atoms with Crippen molar-refractivity contribution in [1.82, 2.24) is 16.0 Å². The molecule has 46 heavy (non-hydrogen) atoms. The molecule has 3 aromatic carbocycles. The lowest BCUT2D eigenvalue weighted by molar-refractivity contribution is -0.130. The third-order valence-electron chi connectivity index (χ3n) is 7.63. The number of hydrogen-bond donors (Lipinski definition) is 3. The van der Waals surface area contributed by atoms with E-state index >= 15 is 0 Å². The molecule has 1 heterocycles. The van der Waals surface area contributed by atoms with Crippen molar-refractivity contribution in [1.29, 1.82) is 0 Å². The SMILES string of the molecule is COc1ccc(CC(NC(=O)C(Cc2ccccc2)NC(=O)c2ccccc2C)C(=O)NC(CC(C)C)C(=O)c2ccco2)cc1. The maximum atomic E-state index is 14.0. The summed E-state index contributed by atoms with van der Waals surface area (Å²) >= 11 is 0. The molecule has 0 fully saturated rings. The molecular weight excluding hydrogens is 582 g/mol. The zero-order valence-corrected chi connectivity index (χ0v) is 26.6. The minimum Gasteiger partial charge on any atom is -0.497 e. The Balaban J connectivity index is 1.61. The van der Waals surface area contributed by atoms with Crippen LogP contribution >= 0.6 is 0 Å². The van der Waals surface area contributed by atoms with E-state index in [1.54, 1.807) is 43.5 Å². The van der Waals surface area contributed by atoms with Crippen molar-refractivity contribution < 1.29 is 28.3 Å². The number of furan rings is 1. The van der Waals surface area contributed by atoms with Gasteiger partial charge < -0.3 is 25.1 Å². The highest BCUT2D eigenvalue weighted by Crippen LogP contribution is 2.16. The van der Waals surface area contributed by atoms with E-state index in [0.29, 0.717) is 17.7 Å². The summed E-state index contributed by atoms with van der Waals surface area (Å²) in [5.74, 6) is -0.929. The van der Waals surface area contributed by atoms with Crippen LogP contribution in [-0.4, -0.2) is 48.7 Å². The lowest BCUT2D eigenvalue weighted by Crippen LogP contribution is -2.57. The number of ketones is 1. The number of amides is 3. The Bertz CT molecular complexity index is 1600. The molecular formula is C37H41N3O6. The van der Waals surface area contributed by atoms with E-state index in [2.05, 4.69) is 16.0 Å². The van der Waals surface area contributed by atoms with E-state index in [1.165, 1.54) is 6.26 Å². The van der Waals surface area contributed by atoms with E-state index < -0.39 is 35.8 Å². The fourth-order valence-corrected chi connectivity index (χ4v) is 5.17. The summed E-state index contributed by atoms with van der Waals surface area (Å²) < 4.78 is 10.6. The molecule has 3 amide bonds. The Kier molecular flexibility index (Phi) is 11.9. The standard InChI is InChI=1S/C37H41N3O6/c1-24(2)21-30(34(41)33-15-10-20-46-33)38-36(43)32(23-27-16-18-28(45-4)19-17-27)40-37(44)31(22-26-12-6-5-7-13-26)39-35(42)29-14-9-8-11-25(29)3/h5-20,24,30-32H,21-23H2,1-4H3,(H,38,43)(H,39,42)(H,40,44). The number of hydrogen-bond acceptors (Lipinski definition) is 6. The second-order valence-corrected chi connectivity index (χ2v) is 11.7. The molecule has 3 N–H and O–H groups in total. The lowest BCUT2D eigenvalue weighted by atomic mass is 9.97.